The molecule has 2 aromatic carbocycles. The highest BCUT2D eigenvalue weighted by atomic mass is 19.3. The molecule has 0 bridgehead atoms. The first-order valence-electron chi connectivity index (χ1n) is 9.06. The van der Waals surface area contributed by atoms with E-state index in [1.165, 1.54) is 33.4 Å². The third-order valence-corrected chi connectivity index (χ3v) is 4.57. The lowest BCUT2D eigenvalue weighted by molar-refractivity contribution is 0.0174. The molecule has 0 aliphatic heterocycles. The van der Waals surface area contributed by atoms with Crippen LogP contribution in [0.15, 0.2) is 71.8 Å². The molecule has 0 radical (unpaired) electrons. The molecule has 0 amide bonds. The zero-order chi connectivity index (χ0) is 21.3. The molecule has 0 aliphatic rings. The van der Waals surface area contributed by atoms with Crippen LogP contribution >= 0.6 is 0 Å². The summed E-state index contributed by atoms with van der Waals surface area (Å²) >= 11 is 0. The largest absolute Gasteiger partial charge is 0.487 e. The van der Waals surface area contributed by atoms with Crippen molar-refractivity contribution in [2.45, 2.75) is 19.5 Å². The van der Waals surface area contributed by atoms with Gasteiger partial charge in [-0.25, -0.2) is 18.6 Å². The highest BCUT2D eigenvalue weighted by molar-refractivity contribution is 5.43. The Balaban J connectivity index is 1.62. The minimum absolute atomic E-state index is 0.130. The second-order valence-electron chi connectivity index (χ2n) is 6.79. The summed E-state index contributed by atoms with van der Waals surface area (Å²) in [5.41, 5.74) is 1.22. The summed E-state index contributed by atoms with van der Waals surface area (Å²) < 4.78 is 35.6. The summed E-state index contributed by atoms with van der Waals surface area (Å²) in [6.07, 6.45) is 3.05. The quantitative estimate of drug-likeness (QED) is 0.501. The summed E-state index contributed by atoms with van der Waals surface area (Å²) in [7, 11) is 0. The predicted molar refractivity (Wildman–Crippen MR) is 106 cm³/mol. The zero-order valence-corrected chi connectivity index (χ0v) is 15.9. The first-order valence-corrected chi connectivity index (χ1v) is 9.06. The molecular weight excluding hydrogens is 390 g/mol. The first-order chi connectivity index (χ1) is 14.3. The Morgan fingerprint density at radius 1 is 1.17 bits per heavy atom. The third kappa shape index (κ3) is 3.78. The van der Waals surface area contributed by atoms with Crippen molar-refractivity contribution in [2.75, 3.05) is 0 Å². The molecule has 4 aromatic rings. The molecular formula is C22H16F2N4O2. The highest BCUT2D eigenvalue weighted by Gasteiger charge is 2.24. The number of nitrogens with zero attached hydrogens (tertiary/aromatic N) is 4. The number of rotatable bonds is 5. The van der Waals surface area contributed by atoms with Crippen LogP contribution in [-0.4, -0.2) is 14.0 Å². The second kappa shape index (κ2) is 7.44. The molecule has 0 aliphatic carbocycles. The molecule has 6 nitrogen and oxygen atoms in total. The minimum Gasteiger partial charge on any atom is -0.487 e. The van der Waals surface area contributed by atoms with Gasteiger partial charge in [0.15, 0.2) is 0 Å². The molecule has 0 N–H and O–H groups in total. The molecule has 8 heteroatoms. The normalized spacial score (nSPS) is 11.4. The Bertz CT molecular complexity index is 1310. The van der Waals surface area contributed by atoms with Crippen molar-refractivity contribution in [3.63, 3.8) is 0 Å². The van der Waals surface area contributed by atoms with E-state index in [1.807, 2.05) is 6.07 Å². The molecule has 0 saturated carbocycles. The summed E-state index contributed by atoms with van der Waals surface area (Å²) in [5.74, 6) is -2.44. The molecule has 0 atom stereocenters. The van der Waals surface area contributed by atoms with Crippen molar-refractivity contribution in [3.8, 4) is 17.5 Å². The van der Waals surface area contributed by atoms with Crippen molar-refractivity contribution in [3.05, 3.63) is 94.3 Å². The van der Waals surface area contributed by atoms with Gasteiger partial charge in [0.25, 0.3) is 5.92 Å². The number of hydrogen-bond donors (Lipinski definition) is 0. The second-order valence-corrected chi connectivity index (χ2v) is 6.79. The molecule has 2 aromatic heterocycles. The molecule has 0 fully saturated rings. The van der Waals surface area contributed by atoms with Gasteiger partial charge in [0.1, 0.15) is 18.0 Å². The van der Waals surface area contributed by atoms with E-state index in [0.29, 0.717) is 28.3 Å². The van der Waals surface area contributed by atoms with Crippen LogP contribution in [0.2, 0.25) is 0 Å². The fourth-order valence-electron chi connectivity index (χ4n) is 3.01. The average molecular weight is 406 g/mol. The van der Waals surface area contributed by atoms with Gasteiger partial charge in [-0.1, -0.05) is 12.1 Å². The van der Waals surface area contributed by atoms with Gasteiger partial charge in [0.2, 0.25) is 0 Å². The predicted octanol–water partition coefficient (Wildman–Crippen LogP) is 4.05. The van der Waals surface area contributed by atoms with E-state index in [9.17, 15) is 13.6 Å². The van der Waals surface area contributed by atoms with Gasteiger partial charge in [-0.05, 0) is 42.5 Å². The van der Waals surface area contributed by atoms with E-state index in [0.717, 1.165) is 6.92 Å². The Morgan fingerprint density at radius 3 is 2.63 bits per heavy atom. The van der Waals surface area contributed by atoms with Gasteiger partial charge in [-0.2, -0.15) is 5.26 Å². The lowest BCUT2D eigenvalue weighted by atomic mass is 10.1. The van der Waals surface area contributed by atoms with Crippen molar-refractivity contribution in [2.24, 2.45) is 0 Å². The Kier molecular flexibility index (Phi) is 4.80. The van der Waals surface area contributed by atoms with E-state index < -0.39 is 11.6 Å². The number of imidazole rings is 1. The van der Waals surface area contributed by atoms with Crippen molar-refractivity contribution in [1.82, 2.24) is 14.0 Å². The van der Waals surface area contributed by atoms with Crippen LogP contribution in [0.5, 0.6) is 5.75 Å². The van der Waals surface area contributed by atoms with Crippen molar-refractivity contribution >= 4 is 5.65 Å². The van der Waals surface area contributed by atoms with E-state index in [1.54, 1.807) is 42.6 Å². The van der Waals surface area contributed by atoms with Crippen LogP contribution in [0.25, 0.3) is 11.3 Å². The number of ether oxygens (including phenoxy) is 1. The standard InChI is InChI=1S/C22H16F2N4O2/c1-22(23,24)16-3-2-4-18(11-16)27-10-9-20-26-17(13-28(20)21(27)29)14-30-19-7-5-15(12-25)6-8-19/h2-11,13H,14H2,1H3. The van der Waals surface area contributed by atoms with Crippen LogP contribution in [0.3, 0.4) is 0 Å². The molecule has 0 saturated heterocycles. The Labute approximate surface area is 170 Å². The maximum atomic E-state index is 13.6. The van der Waals surface area contributed by atoms with Crippen LogP contribution in [0, 0.1) is 11.3 Å². The number of fused-ring (bicyclic) bond motifs is 1. The maximum Gasteiger partial charge on any atom is 0.338 e. The van der Waals surface area contributed by atoms with Gasteiger partial charge < -0.3 is 4.74 Å². The minimum atomic E-state index is -3.01. The molecule has 150 valence electrons. The van der Waals surface area contributed by atoms with Gasteiger partial charge >= 0.3 is 5.69 Å². The summed E-state index contributed by atoms with van der Waals surface area (Å²) in [4.78, 5) is 17.2. The van der Waals surface area contributed by atoms with Crippen LogP contribution < -0.4 is 10.4 Å². The van der Waals surface area contributed by atoms with Crippen LogP contribution in [0.1, 0.15) is 23.7 Å². The fourth-order valence-corrected chi connectivity index (χ4v) is 3.01. The first kappa shape index (κ1) is 19.3. The van der Waals surface area contributed by atoms with Crippen LogP contribution in [-0.2, 0) is 12.5 Å². The Morgan fingerprint density at radius 2 is 1.93 bits per heavy atom. The SMILES string of the molecule is CC(F)(F)c1cccc(-n2ccc3nc(COc4ccc(C#N)cc4)cn3c2=O)c1. The molecule has 2 heterocycles. The van der Waals surface area contributed by atoms with Crippen molar-refractivity contribution < 1.29 is 13.5 Å². The highest BCUT2D eigenvalue weighted by Crippen LogP contribution is 2.28. The number of aromatic nitrogens is 3. The monoisotopic (exact) mass is 406 g/mol. The van der Waals surface area contributed by atoms with E-state index >= 15 is 0 Å². The topological polar surface area (TPSA) is 72.3 Å². The molecule has 30 heavy (non-hydrogen) atoms. The summed E-state index contributed by atoms with van der Waals surface area (Å²) in [6.45, 7) is 0.943. The number of alkyl halides is 2. The fraction of sp³-hybridized carbons (Fsp3) is 0.136. The van der Waals surface area contributed by atoms with Crippen molar-refractivity contribution in [1.29, 1.82) is 5.26 Å². The zero-order valence-electron chi connectivity index (χ0n) is 15.9. The van der Waals surface area contributed by atoms with E-state index in [4.69, 9.17) is 10.00 Å². The summed E-state index contributed by atoms with van der Waals surface area (Å²) in [5, 5.41) is 8.83. The number of halogens is 2. The lowest BCUT2D eigenvalue weighted by Gasteiger charge is -2.13. The summed E-state index contributed by atoms with van der Waals surface area (Å²) in [6, 6.07) is 16.0. The van der Waals surface area contributed by atoms with Gasteiger partial charge in [0.05, 0.1) is 23.0 Å². The van der Waals surface area contributed by atoms with Gasteiger partial charge in [0, 0.05) is 24.9 Å². The average Bonchev–Trinajstić information content (AvgIpc) is 3.16. The van der Waals surface area contributed by atoms with E-state index in [-0.39, 0.29) is 12.2 Å². The van der Waals surface area contributed by atoms with Gasteiger partial charge in [-0.15, -0.1) is 0 Å². The molecule has 4 rings (SSSR count). The lowest BCUT2D eigenvalue weighted by Crippen LogP contribution is -2.24. The molecule has 0 unspecified atom stereocenters. The number of hydrogen-bond acceptors (Lipinski definition) is 4. The molecule has 0 spiro atoms. The van der Waals surface area contributed by atoms with Gasteiger partial charge in [-0.3, -0.25) is 8.97 Å². The van der Waals surface area contributed by atoms with Crippen LogP contribution in [0.4, 0.5) is 8.78 Å². The smallest absolute Gasteiger partial charge is 0.338 e. The van der Waals surface area contributed by atoms with E-state index in [2.05, 4.69) is 4.98 Å². The third-order valence-electron chi connectivity index (χ3n) is 4.57. The maximum absolute atomic E-state index is 13.6. The number of nitriles is 1. The Hall–Kier alpha value is -3.99. The number of benzene rings is 2.